The molecule has 0 unspecified atom stereocenters. The molecule has 6 heteroatoms. The van der Waals surface area contributed by atoms with Gasteiger partial charge in [0.1, 0.15) is 17.5 Å². The van der Waals surface area contributed by atoms with Crippen molar-refractivity contribution in [3.8, 4) is 11.5 Å². The number of aromatic nitrogens is 4. The van der Waals surface area contributed by atoms with Gasteiger partial charge in [-0.3, -0.25) is 4.68 Å². The number of hydrogen-bond acceptors (Lipinski definition) is 4. The zero-order chi connectivity index (χ0) is 12.5. The summed E-state index contributed by atoms with van der Waals surface area (Å²) in [6.07, 6.45) is 5.64. The van der Waals surface area contributed by atoms with Gasteiger partial charge in [-0.15, -0.1) is 0 Å². The van der Waals surface area contributed by atoms with Gasteiger partial charge in [0.05, 0.1) is 5.02 Å². The van der Waals surface area contributed by atoms with E-state index in [-0.39, 0.29) is 0 Å². The number of nitrogens with zero attached hydrogens (tertiary/aromatic N) is 4. The molecule has 2 heterocycles. The summed E-state index contributed by atoms with van der Waals surface area (Å²) in [7, 11) is 0. The van der Waals surface area contributed by atoms with Crippen molar-refractivity contribution in [2.45, 2.75) is 19.4 Å². The summed E-state index contributed by atoms with van der Waals surface area (Å²) >= 11 is 6.06. The first kappa shape index (κ1) is 11.7. The van der Waals surface area contributed by atoms with Gasteiger partial charge in [-0.05, 0) is 19.9 Å². The van der Waals surface area contributed by atoms with E-state index < -0.39 is 5.54 Å². The second-order valence-electron chi connectivity index (χ2n) is 4.11. The SMILES string of the molecule is CC(C)(C=O)n1cc(Cl)c(-c2ncccn2)n1. The third kappa shape index (κ3) is 2.19. The molecule has 0 saturated heterocycles. The Morgan fingerprint density at radius 3 is 2.59 bits per heavy atom. The average molecular weight is 251 g/mol. The second-order valence-corrected chi connectivity index (χ2v) is 4.52. The molecular weight excluding hydrogens is 240 g/mol. The highest BCUT2D eigenvalue weighted by atomic mass is 35.5. The highest BCUT2D eigenvalue weighted by Gasteiger charge is 2.23. The van der Waals surface area contributed by atoms with Crippen LogP contribution in [0.5, 0.6) is 0 Å². The van der Waals surface area contributed by atoms with Gasteiger partial charge in [0.25, 0.3) is 0 Å². The number of hydrogen-bond donors (Lipinski definition) is 0. The summed E-state index contributed by atoms with van der Waals surface area (Å²) in [5, 5.41) is 4.67. The van der Waals surface area contributed by atoms with E-state index in [9.17, 15) is 4.79 Å². The molecule has 0 aromatic carbocycles. The van der Waals surface area contributed by atoms with Gasteiger partial charge < -0.3 is 4.79 Å². The van der Waals surface area contributed by atoms with E-state index in [1.807, 2.05) is 0 Å². The Labute approximate surface area is 103 Å². The molecule has 2 aromatic rings. The smallest absolute Gasteiger partial charge is 0.181 e. The zero-order valence-corrected chi connectivity index (χ0v) is 10.2. The van der Waals surface area contributed by atoms with Crippen LogP contribution in [0.25, 0.3) is 11.5 Å². The number of aldehydes is 1. The first-order chi connectivity index (χ1) is 8.04. The van der Waals surface area contributed by atoms with E-state index >= 15 is 0 Å². The van der Waals surface area contributed by atoms with Crippen LogP contribution < -0.4 is 0 Å². The Morgan fingerprint density at radius 2 is 2.00 bits per heavy atom. The fourth-order valence-corrected chi connectivity index (χ4v) is 1.49. The molecular formula is C11H11ClN4O. The molecule has 0 saturated carbocycles. The number of carbonyl (C=O) groups is 1. The van der Waals surface area contributed by atoms with Gasteiger partial charge in [0.2, 0.25) is 0 Å². The van der Waals surface area contributed by atoms with Crippen LogP contribution in [0.15, 0.2) is 24.7 Å². The standard InChI is InChI=1S/C11H11ClN4O/c1-11(2,7-17)16-6-8(12)9(15-16)10-13-4-3-5-14-10/h3-7H,1-2H3. The molecule has 2 rings (SSSR count). The van der Waals surface area contributed by atoms with Gasteiger partial charge >= 0.3 is 0 Å². The molecule has 0 aliphatic carbocycles. The Hall–Kier alpha value is -1.75. The maximum Gasteiger partial charge on any atom is 0.181 e. The quantitative estimate of drug-likeness (QED) is 0.781. The van der Waals surface area contributed by atoms with Crippen molar-refractivity contribution < 1.29 is 4.79 Å². The molecule has 0 fully saturated rings. The topological polar surface area (TPSA) is 60.7 Å². The lowest BCUT2D eigenvalue weighted by molar-refractivity contribution is -0.114. The Kier molecular flexibility index (Phi) is 2.93. The van der Waals surface area contributed by atoms with Crippen LogP contribution in [-0.4, -0.2) is 26.0 Å². The molecule has 0 bridgehead atoms. The van der Waals surface area contributed by atoms with Gasteiger partial charge in [-0.25, -0.2) is 9.97 Å². The summed E-state index contributed by atoms with van der Waals surface area (Å²) in [5.41, 5.74) is -0.265. The molecule has 0 atom stereocenters. The van der Waals surface area contributed by atoms with Crippen molar-refractivity contribution in [2.24, 2.45) is 0 Å². The minimum atomic E-state index is -0.739. The van der Waals surface area contributed by atoms with Gasteiger partial charge in [0, 0.05) is 18.6 Å². The Bertz CT molecular complexity index is 536. The maximum atomic E-state index is 10.9. The summed E-state index contributed by atoms with van der Waals surface area (Å²) in [5.74, 6) is 0.443. The maximum absolute atomic E-state index is 10.9. The fraction of sp³-hybridized carbons (Fsp3) is 0.273. The van der Waals surface area contributed by atoms with Crippen LogP contribution >= 0.6 is 11.6 Å². The average Bonchev–Trinajstić information content (AvgIpc) is 2.73. The van der Waals surface area contributed by atoms with E-state index in [1.165, 1.54) is 4.68 Å². The number of rotatable bonds is 3. The fourth-order valence-electron chi connectivity index (χ4n) is 1.28. The lowest BCUT2D eigenvalue weighted by Gasteiger charge is -2.16. The third-order valence-electron chi connectivity index (χ3n) is 2.33. The lowest BCUT2D eigenvalue weighted by atomic mass is 10.1. The monoisotopic (exact) mass is 250 g/mol. The normalized spacial score (nSPS) is 11.5. The van der Waals surface area contributed by atoms with E-state index in [4.69, 9.17) is 11.6 Å². The molecule has 0 spiro atoms. The molecule has 2 aromatic heterocycles. The Morgan fingerprint density at radius 1 is 1.35 bits per heavy atom. The molecule has 17 heavy (non-hydrogen) atoms. The van der Waals surface area contributed by atoms with Crippen molar-refractivity contribution in [1.29, 1.82) is 0 Å². The van der Waals surface area contributed by atoms with Crippen LogP contribution in [0.2, 0.25) is 5.02 Å². The molecule has 0 aliphatic rings. The minimum Gasteiger partial charge on any atom is -0.301 e. The van der Waals surface area contributed by atoms with Gasteiger partial charge in [-0.1, -0.05) is 11.6 Å². The van der Waals surface area contributed by atoms with Gasteiger partial charge in [-0.2, -0.15) is 5.10 Å². The molecule has 0 N–H and O–H groups in total. The van der Waals surface area contributed by atoms with E-state index in [0.717, 1.165) is 6.29 Å². The highest BCUT2D eigenvalue weighted by Crippen LogP contribution is 2.25. The van der Waals surface area contributed by atoms with Crippen LogP contribution in [0.1, 0.15) is 13.8 Å². The Balaban J connectivity index is 2.49. The number of carbonyl (C=O) groups excluding carboxylic acids is 1. The lowest BCUT2D eigenvalue weighted by Crippen LogP contribution is -2.28. The molecule has 0 aliphatic heterocycles. The summed E-state index contributed by atoms with van der Waals surface area (Å²) in [6, 6.07) is 1.71. The highest BCUT2D eigenvalue weighted by molar-refractivity contribution is 6.32. The zero-order valence-electron chi connectivity index (χ0n) is 9.46. The molecule has 5 nitrogen and oxygen atoms in total. The van der Waals surface area contributed by atoms with Crippen molar-refractivity contribution in [1.82, 2.24) is 19.7 Å². The van der Waals surface area contributed by atoms with Gasteiger partial charge in [0.15, 0.2) is 5.82 Å². The minimum absolute atomic E-state index is 0.422. The van der Waals surface area contributed by atoms with Crippen molar-refractivity contribution in [3.63, 3.8) is 0 Å². The largest absolute Gasteiger partial charge is 0.301 e. The summed E-state index contributed by atoms with van der Waals surface area (Å²) in [4.78, 5) is 19.1. The van der Waals surface area contributed by atoms with Crippen LogP contribution in [-0.2, 0) is 10.3 Å². The first-order valence-electron chi connectivity index (χ1n) is 5.04. The predicted molar refractivity (Wildman–Crippen MR) is 63.6 cm³/mol. The molecule has 0 radical (unpaired) electrons. The van der Waals surface area contributed by atoms with Crippen molar-refractivity contribution in [3.05, 3.63) is 29.7 Å². The van der Waals surface area contributed by atoms with Crippen LogP contribution in [0.4, 0.5) is 0 Å². The van der Waals surface area contributed by atoms with Crippen molar-refractivity contribution in [2.75, 3.05) is 0 Å². The molecule has 88 valence electrons. The number of halogens is 1. The van der Waals surface area contributed by atoms with E-state index in [1.54, 1.807) is 38.5 Å². The van der Waals surface area contributed by atoms with Crippen molar-refractivity contribution >= 4 is 17.9 Å². The molecule has 0 amide bonds. The first-order valence-corrected chi connectivity index (χ1v) is 5.42. The predicted octanol–water partition coefficient (Wildman–Crippen LogP) is 1.93. The van der Waals surface area contributed by atoms with Crippen LogP contribution in [0, 0.1) is 0 Å². The second kappa shape index (κ2) is 4.25. The van der Waals surface area contributed by atoms with E-state index in [0.29, 0.717) is 16.5 Å². The summed E-state index contributed by atoms with van der Waals surface area (Å²) in [6.45, 7) is 3.50. The van der Waals surface area contributed by atoms with E-state index in [2.05, 4.69) is 15.1 Å². The summed E-state index contributed by atoms with van der Waals surface area (Å²) < 4.78 is 1.51. The third-order valence-corrected chi connectivity index (χ3v) is 2.60. The van der Waals surface area contributed by atoms with Crippen LogP contribution in [0.3, 0.4) is 0 Å².